The quantitative estimate of drug-likeness (QED) is 0.169. The van der Waals surface area contributed by atoms with E-state index in [1.165, 1.54) is 0 Å². The molecule has 0 aliphatic heterocycles. The lowest BCUT2D eigenvalue weighted by molar-refractivity contribution is -0.150. The molecular weight excluding hydrogens is 570 g/mol. The normalized spacial score (nSPS) is 30.0. The standard InChI is InChI=1S/C36H53N3O6/c1-33(2)27(15-17-35(33,44)31(37)42)25(19-23-11-7-5-8-12-23)29(40)21-39-22-30(41)26(20-24-13-9-6-10-14-24)28-16-18-36(45,32(38)43)34(28,3)4/h5-14,25-30,39-41,44-45H,15-22H2,1-4H3,(H2,37,42)(H2,38,43)/t25-,26-,27?,28?,29-,30-,35?,36?/m0/s1. The van der Waals surface area contributed by atoms with Crippen LogP contribution in [0.2, 0.25) is 0 Å². The smallest absolute Gasteiger partial charge is 0.249 e. The number of aliphatic hydroxyl groups excluding tert-OH is 2. The maximum Gasteiger partial charge on any atom is 0.249 e. The van der Waals surface area contributed by atoms with Gasteiger partial charge in [0, 0.05) is 23.9 Å². The molecule has 0 heterocycles. The maximum atomic E-state index is 12.3. The Morgan fingerprint density at radius 1 is 0.711 bits per heavy atom. The lowest BCUT2D eigenvalue weighted by Crippen LogP contribution is -2.55. The Hall–Kier alpha value is -2.82. The first kappa shape index (κ1) is 35.0. The number of hydrogen-bond acceptors (Lipinski definition) is 7. The molecule has 2 aliphatic carbocycles. The number of carbonyl (C=O) groups is 2. The Morgan fingerprint density at radius 3 is 1.33 bits per heavy atom. The average molecular weight is 624 g/mol. The minimum Gasteiger partial charge on any atom is -0.391 e. The third-order valence-corrected chi connectivity index (χ3v) is 11.8. The van der Waals surface area contributed by atoms with Crippen molar-refractivity contribution in [2.24, 2.45) is 46.0 Å². The summed E-state index contributed by atoms with van der Waals surface area (Å²) in [4.78, 5) is 24.7. The number of aliphatic hydroxyl groups is 4. The molecule has 0 bridgehead atoms. The van der Waals surface area contributed by atoms with Crippen molar-refractivity contribution in [3.05, 3.63) is 71.8 Å². The third kappa shape index (κ3) is 6.69. The molecule has 9 heteroatoms. The molecule has 4 rings (SSSR count). The van der Waals surface area contributed by atoms with Crippen LogP contribution < -0.4 is 16.8 Å². The molecule has 0 saturated heterocycles. The van der Waals surface area contributed by atoms with E-state index in [4.69, 9.17) is 11.5 Å². The van der Waals surface area contributed by atoms with E-state index in [1.54, 1.807) is 0 Å². The number of benzene rings is 2. The highest BCUT2D eigenvalue weighted by molar-refractivity contribution is 5.85. The monoisotopic (exact) mass is 623 g/mol. The number of primary amides is 2. The molecule has 0 radical (unpaired) electrons. The summed E-state index contributed by atoms with van der Waals surface area (Å²) in [6.45, 7) is 7.77. The van der Waals surface area contributed by atoms with Crippen LogP contribution >= 0.6 is 0 Å². The van der Waals surface area contributed by atoms with Crippen molar-refractivity contribution in [3.8, 4) is 0 Å². The first-order chi connectivity index (χ1) is 21.1. The molecule has 9 nitrogen and oxygen atoms in total. The summed E-state index contributed by atoms with van der Waals surface area (Å²) >= 11 is 0. The summed E-state index contributed by atoms with van der Waals surface area (Å²) < 4.78 is 0. The fraction of sp³-hybridized carbons (Fsp3) is 0.611. The van der Waals surface area contributed by atoms with Crippen LogP contribution in [0.3, 0.4) is 0 Å². The number of carbonyl (C=O) groups excluding carboxylic acids is 2. The predicted molar refractivity (Wildman–Crippen MR) is 173 cm³/mol. The van der Waals surface area contributed by atoms with Crippen molar-refractivity contribution in [1.82, 2.24) is 5.32 Å². The van der Waals surface area contributed by atoms with E-state index in [0.29, 0.717) is 25.7 Å². The maximum absolute atomic E-state index is 12.3. The van der Waals surface area contributed by atoms with Gasteiger partial charge in [-0.2, -0.15) is 0 Å². The summed E-state index contributed by atoms with van der Waals surface area (Å²) in [7, 11) is 0. The summed E-state index contributed by atoms with van der Waals surface area (Å²) in [6, 6.07) is 19.7. The second kappa shape index (κ2) is 13.5. The molecule has 2 aromatic carbocycles. The van der Waals surface area contributed by atoms with Gasteiger partial charge in [0.1, 0.15) is 11.2 Å². The molecule has 248 valence electrons. The van der Waals surface area contributed by atoms with E-state index in [2.05, 4.69) is 5.32 Å². The van der Waals surface area contributed by atoms with Gasteiger partial charge in [0.15, 0.2) is 0 Å². The summed E-state index contributed by atoms with van der Waals surface area (Å²) in [5, 5.41) is 49.1. The Kier molecular flexibility index (Phi) is 10.5. The Bertz CT molecular complexity index is 1200. The number of rotatable bonds is 14. The summed E-state index contributed by atoms with van der Waals surface area (Å²) in [5.41, 5.74) is 8.37. The highest BCUT2D eigenvalue weighted by Crippen LogP contribution is 2.55. The molecule has 2 aliphatic rings. The van der Waals surface area contributed by atoms with Crippen LogP contribution in [0.25, 0.3) is 0 Å². The van der Waals surface area contributed by atoms with Crippen LogP contribution in [0.4, 0.5) is 0 Å². The van der Waals surface area contributed by atoms with Crippen molar-refractivity contribution < 1.29 is 30.0 Å². The Morgan fingerprint density at radius 2 is 1.04 bits per heavy atom. The summed E-state index contributed by atoms with van der Waals surface area (Å²) in [5.74, 6) is -2.44. The average Bonchev–Trinajstić information content (AvgIpc) is 3.39. The van der Waals surface area contributed by atoms with Crippen LogP contribution in [0.15, 0.2) is 60.7 Å². The Balaban J connectivity index is 1.52. The molecule has 0 aromatic heterocycles. The topological polar surface area (TPSA) is 179 Å². The number of hydrogen-bond donors (Lipinski definition) is 7. The molecule has 45 heavy (non-hydrogen) atoms. The molecule has 4 unspecified atom stereocenters. The van der Waals surface area contributed by atoms with Crippen LogP contribution in [0.5, 0.6) is 0 Å². The molecule has 2 amide bonds. The van der Waals surface area contributed by atoms with E-state index in [1.807, 2.05) is 88.4 Å². The van der Waals surface area contributed by atoms with Crippen molar-refractivity contribution in [1.29, 1.82) is 0 Å². The lowest BCUT2D eigenvalue weighted by atomic mass is 9.65. The van der Waals surface area contributed by atoms with Crippen molar-refractivity contribution in [2.75, 3.05) is 13.1 Å². The molecule has 2 aromatic rings. The van der Waals surface area contributed by atoms with E-state index in [9.17, 15) is 30.0 Å². The van der Waals surface area contributed by atoms with Crippen molar-refractivity contribution in [2.45, 2.75) is 89.6 Å². The zero-order chi connectivity index (χ0) is 33.2. The fourth-order valence-corrected chi connectivity index (χ4v) is 8.64. The van der Waals surface area contributed by atoms with Gasteiger partial charge >= 0.3 is 0 Å². The summed E-state index contributed by atoms with van der Waals surface area (Å²) in [6.07, 6.45) is 0.978. The van der Waals surface area contributed by atoms with Gasteiger partial charge in [-0.3, -0.25) is 9.59 Å². The number of amides is 2. The lowest BCUT2D eigenvalue weighted by Gasteiger charge is -2.43. The Labute approximate surface area is 267 Å². The highest BCUT2D eigenvalue weighted by atomic mass is 16.3. The zero-order valence-corrected chi connectivity index (χ0v) is 27.2. The minimum absolute atomic E-state index is 0.187. The van der Waals surface area contributed by atoms with E-state index < -0.39 is 46.1 Å². The first-order valence-electron chi connectivity index (χ1n) is 16.3. The highest BCUT2D eigenvalue weighted by Gasteiger charge is 2.60. The molecular formula is C36H53N3O6. The molecule has 2 saturated carbocycles. The van der Waals surface area contributed by atoms with Crippen LogP contribution in [0.1, 0.15) is 64.5 Å². The molecule has 2 fully saturated rings. The van der Waals surface area contributed by atoms with E-state index in [0.717, 1.165) is 11.1 Å². The van der Waals surface area contributed by atoms with Crippen LogP contribution in [0, 0.1) is 34.5 Å². The minimum atomic E-state index is -1.67. The van der Waals surface area contributed by atoms with Crippen molar-refractivity contribution in [3.63, 3.8) is 0 Å². The SMILES string of the molecule is CC1(C)C([C@H](Cc2ccccc2)[C@@H](O)CNC[C@H](O)[C@@H](Cc2ccccc2)C2CCC(O)(C(N)=O)C2(C)C)CCC1(O)C(N)=O. The van der Waals surface area contributed by atoms with Gasteiger partial charge in [0.25, 0.3) is 0 Å². The van der Waals surface area contributed by atoms with Crippen molar-refractivity contribution >= 4 is 11.8 Å². The van der Waals surface area contributed by atoms with Gasteiger partial charge in [-0.1, -0.05) is 88.4 Å². The molecule has 8 atom stereocenters. The predicted octanol–water partition coefficient (Wildman–Crippen LogP) is 2.32. The second-order valence-corrected chi connectivity index (χ2v) is 14.7. The largest absolute Gasteiger partial charge is 0.391 e. The number of nitrogens with two attached hydrogens (primary N) is 2. The molecule has 9 N–H and O–H groups in total. The fourth-order valence-electron chi connectivity index (χ4n) is 8.64. The number of nitrogens with one attached hydrogen (secondary N) is 1. The van der Waals surface area contributed by atoms with E-state index >= 15 is 0 Å². The van der Waals surface area contributed by atoms with Gasteiger partial charge in [-0.15, -0.1) is 0 Å². The second-order valence-electron chi connectivity index (χ2n) is 14.7. The zero-order valence-electron chi connectivity index (χ0n) is 27.2. The van der Waals surface area contributed by atoms with Crippen LogP contribution in [-0.2, 0) is 22.4 Å². The van der Waals surface area contributed by atoms with Gasteiger partial charge in [0.2, 0.25) is 11.8 Å². The van der Waals surface area contributed by atoms with Crippen LogP contribution in [-0.4, -0.2) is 68.7 Å². The van der Waals surface area contributed by atoms with E-state index in [-0.39, 0.29) is 49.6 Å². The van der Waals surface area contributed by atoms with Gasteiger partial charge in [-0.25, -0.2) is 0 Å². The first-order valence-corrected chi connectivity index (χ1v) is 16.3. The van der Waals surface area contributed by atoms with Gasteiger partial charge < -0.3 is 37.2 Å². The molecule has 0 spiro atoms. The third-order valence-electron chi connectivity index (χ3n) is 11.8. The van der Waals surface area contributed by atoms with Gasteiger partial charge in [0.05, 0.1) is 12.2 Å². The van der Waals surface area contributed by atoms with Gasteiger partial charge in [-0.05, 0) is 73.3 Å².